The molecule has 100 valence electrons. The lowest BCUT2D eigenvalue weighted by atomic mass is 10.0. The maximum atomic E-state index is 12.1. The summed E-state index contributed by atoms with van der Waals surface area (Å²) in [6, 6.07) is 3.74. The topological polar surface area (TPSA) is 54.0 Å². The summed E-state index contributed by atoms with van der Waals surface area (Å²) >= 11 is 0. The van der Waals surface area contributed by atoms with Crippen molar-refractivity contribution in [3.8, 4) is 0 Å². The van der Waals surface area contributed by atoms with Crippen molar-refractivity contribution in [3.63, 3.8) is 0 Å². The van der Waals surface area contributed by atoms with Crippen LogP contribution in [-0.2, 0) is 0 Å². The fourth-order valence-corrected chi connectivity index (χ4v) is 1.74. The first kappa shape index (κ1) is 14.5. The molecule has 2 N–H and O–H groups in total. The van der Waals surface area contributed by atoms with Crippen LogP contribution in [0.25, 0.3) is 0 Å². The zero-order valence-corrected chi connectivity index (χ0v) is 11.7. The van der Waals surface area contributed by atoms with E-state index >= 15 is 0 Å². The van der Waals surface area contributed by atoms with Crippen molar-refractivity contribution >= 4 is 11.7 Å². The van der Waals surface area contributed by atoms with Gasteiger partial charge in [-0.3, -0.25) is 4.79 Å². The van der Waals surface area contributed by atoms with Crippen LogP contribution in [0.5, 0.6) is 0 Å². The monoisotopic (exact) mass is 249 g/mol. The van der Waals surface area contributed by atoms with Crippen LogP contribution in [0.15, 0.2) is 18.3 Å². The Labute approximate surface area is 109 Å². The number of hydrogen-bond acceptors (Lipinski definition) is 3. The molecule has 0 bridgehead atoms. The number of amides is 1. The second kappa shape index (κ2) is 6.99. The van der Waals surface area contributed by atoms with Crippen LogP contribution in [0.3, 0.4) is 0 Å². The first-order valence-electron chi connectivity index (χ1n) is 6.48. The summed E-state index contributed by atoms with van der Waals surface area (Å²) in [7, 11) is 1.77. The third-order valence-corrected chi connectivity index (χ3v) is 2.84. The van der Waals surface area contributed by atoms with Gasteiger partial charge in [0.05, 0.1) is 5.56 Å². The van der Waals surface area contributed by atoms with Gasteiger partial charge in [-0.2, -0.15) is 0 Å². The average molecular weight is 249 g/mol. The number of rotatable bonds is 6. The zero-order valence-electron chi connectivity index (χ0n) is 11.7. The Hall–Kier alpha value is -1.58. The highest BCUT2D eigenvalue weighted by atomic mass is 16.1. The molecule has 0 fully saturated rings. The molecule has 0 aliphatic carbocycles. The first-order valence-corrected chi connectivity index (χ1v) is 6.48. The van der Waals surface area contributed by atoms with Gasteiger partial charge in [0.15, 0.2) is 0 Å². The van der Waals surface area contributed by atoms with E-state index in [1.165, 1.54) is 0 Å². The minimum absolute atomic E-state index is 0.0660. The van der Waals surface area contributed by atoms with Crippen LogP contribution in [0, 0.1) is 5.92 Å². The molecule has 1 rings (SSSR count). The van der Waals surface area contributed by atoms with Crippen molar-refractivity contribution in [1.29, 1.82) is 0 Å². The van der Waals surface area contributed by atoms with Crippen LogP contribution in [0.1, 0.15) is 44.0 Å². The molecule has 18 heavy (non-hydrogen) atoms. The molecule has 0 saturated carbocycles. The minimum Gasteiger partial charge on any atom is -0.372 e. The predicted octanol–water partition coefficient (Wildman–Crippen LogP) is 2.68. The van der Waals surface area contributed by atoms with Crippen LogP contribution in [0.2, 0.25) is 0 Å². The van der Waals surface area contributed by atoms with E-state index in [2.05, 4.69) is 29.5 Å². The lowest BCUT2D eigenvalue weighted by Gasteiger charge is -2.16. The van der Waals surface area contributed by atoms with Gasteiger partial charge >= 0.3 is 0 Å². The smallest absolute Gasteiger partial charge is 0.255 e. The van der Waals surface area contributed by atoms with E-state index in [0.29, 0.717) is 17.3 Å². The van der Waals surface area contributed by atoms with Crippen LogP contribution >= 0.6 is 0 Å². The average Bonchev–Trinajstić information content (AvgIpc) is 2.36. The summed E-state index contributed by atoms with van der Waals surface area (Å²) < 4.78 is 0. The van der Waals surface area contributed by atoms with Gasteiger partial charge < -0.3 is 10.6 Å². The van der Waals surface area contributed by atoms with Gasteiger partial charge in [0, 0.05) is 19.3 Å². The fraction of sp³-hybridized carbons (Fsp3) is 0.571. The maximum absolute atomic E-state index is 12.1. The van der Waals surface area contributed by atoms with E-state index in [0.717, 1.165) is 12.8 Å². The van der Waals surface area contributed by atoms with E-state index in [9.17, 15) is 4.79 Å². The van der Waals surface area contributed by atoms with Gasteiger partial charge in [0.2, 0.25) is 0 Å². The number of pyridine rings is 1. The Kier molecular flexibility index (Phi) is 5.62. The summed E-state index contributed by atoms with van der Waals surface area (Å²) in [4.78, 5) is 16.2. The Morgan fingerprint density at radius 2 is 2.06 bits per heavy atom. The number of hydrogen-bond donors (Lipinski definition) is 2. The standard InChI is InChI=1S/C14H23N3O/c1-10(2)7-8-11(3)17-14(18)12-6-5-9-16-13(12)15-4/h5-6,9-11H,7-8H2,1-4H3,(H,15,16)(H,17,18). The fourth-order valence-electron chi connectivity index (χ4n) is 1.74. The maximum Gasteiger partial charge on any atom is 0.255 e. The molecule has 0 saturated heterocycles. The number of carbonyl (C=O) groups excluding carboxylic acids is 1. The Morgan fingerprint density at radius 3 is 2.67 bits per heavy atom. The molecule has 1 aromatic heterocycles. The largest absolute Gasteiger partial charge is 0.372 e. The van der Waals surface area contributed by atoms with Crippen LogP contribution < -0.4 is 10.6 Å². The molecule has 1 heterocycles. The highest BCUT2D eigenvalue weighted by Crippen LogP contribution is 2.12. The lowest BCUT2D eigenvalue weighted by Crippen LogP contribution is -2.33. The minimum atomic E-state index is -0.0660. The van der Waals surface area contributed by atoms with E-state index in [4.69, 9.17) is 0 Å². The summed E-state index contributed by atoms with van der Waals surface area (Å²) in [5, 5.41) is 5.94. The predicted molar refractivity (Wildman–Crippen MR) is 74.8 cm³/mol. The molecule has 0 spiro atoms. The van der Waals surface area contributed by atoms with Crippen LogP contribution in [-0.4, -0.2) is 24.0 Å². The normalized spacial score (nSPS) is 12.3. The number of nitrogens with zero attached hydrogens (tertiary/aromatic N) is 1. The summed E-state index contributed by atoms with van der Waals surface area (Å²) in [6.07, 6.45) is 3.79. The molecular formula is C14H23N3O. The van der Waals surface area contributed by atoms with Gasteiger partial charge in [0.1, 0.15) is 5.82 Å². The van der Waals surface area contributed by atoms with Crippen molar-refractivity contribution in [2.24, 2.45) is 5.92 Å². The summed E-state index contributed by atoms with van der Waals surface area (Å²) in [5.41, 5.74) is 0.594. The highest BCUT2D eigenvalue weighted by molar-refractivity contribution is 5.98. The molecule has 0 aliphatic heterocycles. The zero-order chi connectivity index (χ0) is 13.5. The van der Waals surface area contributed by atoms with Crippen molar-refractivity contribution in [2.75, 3.05) is 12.4 Å². The third-order valence-electron chi connectivity index (χ3n) is 2.84. The Morgan fingerprint density at radius 1 is 1.33 bits per heavy atom. The molecule has 0 aliphatic rings. The summed E-state index contributed by atoms with van der Waals surface area (Å²) in [6.45, 7) is 6.42. The second-order valence-electron chi connectivity index (χ2n) is 5.00. The summed E-state index contributed by atoms with van der Waals surface area (Å²) in [5.74, 6) is 1.21. The molecule has 1 amide bonds. The van der Waals surface area contributed by atoms with Gasteiger partial charge in [-0.25, -0.2) is 4.98 Å². The third kappa shape index (κ3) is 4.35. The SMILES string of the molecule is CNc1ncccc1C(=O)NC(C)CCC(C)C. The van der Waals surface area contributed by atoms with Crippen molar-refractivity contribution in [2.45, 2.75) is 39.7 Å². The highest BCUT2D eigenvalue weighted by Gasteiger charge is 2.13. The van der Waals surface area contributed by atoms with E-state index in [1.807, 2.05) is 6.92 Å². The molecule has 4 nitrogen and oxygen atoms in total. The van der Waals surface area contributed by atoms with Crippen LogP contribution in [0.4, 0.5) is 5.82 Å². The van der Waals surface area contributed by atoms with Crippen molar-refractivity contribution in [3.05, 3.63) is 23.9 Å². The molecule has 0 aromatic carbocycles. The van der Waals surface area contributed by atoms with Gasteiger partial charge in [0.25, 0.3) is 5.91 Å². The Balaban J connectivity index is 2.59. The van der Waals surface area contributed by atoms with E-state index < -0.39 is 0 Å². The van der Waals surface area contributed by atoms with E-state index in [-0.39, 0.29) is 11.9 Å². The van der Waals surface area contributed by atoms with E-state index in [1.54, 1.807) is 25.4 Å². The number of nitrogens with one attached hydrogen (secondary N) is 2. The number of anilines is 1. The van der Waals surface area contributed by atoms with Gasteiger partial charge in [-0.1, -0.05) is 13.8 Å². The molecule has 0 radical (unpaired) electrons. The number of aromatic nitrogens is 1. The Bertz CT molecular complexity index is 390. The molecule has 4 heteroatoms. The van der Waals surface area contributed by atoms with Gasteiger partial charge in [-0.15, -0.1) is 0 Å². The lowest BCUT2D eigenvalue weighted by molar-refractivity contribution is 0.0937. The van der Waals surface area contributed by atoms with Crippen molar-refractivity contribution < 1.29 is 4.79 Å². The van der Waals surface area contributed by atoms with Crippen molar-refractivity contribution in [1.82, 2.24) is 10.3 Å². The van der Waals surface area contributed by atoms with Gasteiger partial charge in [-0.05, 0) is 37.8 Å². The molecule has 1 atom stereocenters. The molecule has 1 unspecified atom stereocenters. The molecule has 1 aromatic rings. The molecular weight excluding hydrogens is 226 g/mol. The first-order chi connectivity index (χ1) is 8.54. The quantitative estimate of drug-likeness (QED) is 0.815. The number of carbonyl (C=O) groups is 1. The second-order valence-corrected chi connectivity index (χ2v) is 5.00.